The van der Waals surface area contributed by atoms with Crippen LogP contribution in [0.4, 0.5) is 5.69 Å². The van der Waals surface area contributed by atoms with Crippen LogP contribution >= 0.6 is 24.0 Å². The summed E-state index contributed by atoms with van der Waals surface area (Å²) in [5, 5.41) is 6.88. The van der Waals surface area contributed by atoms with Crippen LogP contribution in [0.2, 0.25) is 0 Å². The zero-order chi connectivity index (χ0) is 20.3. The average molecular weight is 522 g/mol. The van der Waals surface area contributed by atoms with Crippen molar-refractivity contribution in [3.8, 4) is 0 Å². The molecule has 3 rings (SSSR count). The fourth-order valence-electron chi connectivity index (χ4n) is 3.69. The summed E-state index contributed by atoms with van der Waals surface area (Å²) in [6, 6.07) is 21.0. The summed E-state index contributed by atoms with van der Waals surface area (Å²) in [7, 11) is 1.83. The summed E-state index contributed by atoms with van der Waals surface area (Å²) >= 11 is 0. The minimum absolute atomic E-state index is 0. The van der Waals surface area contributed by atoms with E-state index in [1.54, 1.807) is 0 Å². The number of anilines is 1. The fourth-order valence-corrected chi connectivity index (χ4v) is 3.69. The third kappa shape index (κ3) is 7.80. The molecule has 1 aliphatic heterocycles. The first kappa shape index (κ1) is 24.5. The Morgan fingerprint density at radius 2 is 1.80 bits per heavy atom. The lowest BCUT2D eigenvalue weighted by atomic mass is 10.1. The minimum Gasteiger partial charge on any atom is -0.374 e. The molecule has 2 atom stereocenters. The predicted molar refractivity (Wildman–Crippen MR) is 137 cm³/mol. The molecule has 2 N–H and O–H groups in total. The molecule has 164 valence electrons. The van der Waals surface area contributed by atoms with E-state index in [0.29, 0.717) is 5.92 Å². The zero-order valence-corrected chi connectivity index (χ0v) is 20.4. The Kier molecular flexibility index (Phi) is 11.0. The van der Waals surface area contributed by atoms with Crippen LogP contribution in [0.3, 0.4) is 0 Å². The van der Waals surface area contributed by atoms with Gasteiger partial charge in [-0.15, -0.1) is 24.0 Å². The van der Waals surface area contributed by atoms with Gasteiger partial charge in [-0.05, 0) is 43.4 Å². The fraction of sp³-hybridized carbons (Fsp3) is 0.458. The van der Waals surface area contributed by atoms with Gasteiger partial charge in [-0.1, -0.05) is 48.5 Å². The molecule has 1 heterocycles. The number of aliphatic imine (C=N–C) groups is 1. The zero-order valence-electron chi connectivity index (χ0n) is 18.1. The first-order valence-electron chi connectivity index (χ1n) is 10.7. The van der Waals surface area contributed by atoms with Crippen molar-refractivity contribution in [3.05, 3.63) is 66.2 Å². The Bertz CT molecular complexity index is 741. The Balaban J connectivity index is 0.00000320. The van der Waals surface area contributed by atoms with Crippen LogP contribution in [0.5, 0.6) is 0 Å². The molecule has 6 heteroatoms. The highest BCUT2D eigenvalue weighted by Crippen LogP contribution is 2.22. The first-order valence-corrected chi connectivity index (χ1v) is 10.7. The molecule has 30 heavy (non-hydrogen) atoms. The highest BCUT2D eigenvalue weighted by molar-refractivity contribution is 14.0. The molecule has 2 aromatic rings. The van der Waals surface area contributed by atoms with Crippen molar-refractivity contribution in [2.45, 2.75) is 25.9 Å². The summed E-state index contributed by atoms with van der Waals surface area (Å²) in [5.74, 6) is 1.52. The lowest BCUT2D eigenvalue weighted by molar-refractivity contribution is 0.0646. The van der Waals surface area contributed by atoms with Crippen molar-refractivity contribution in [1.82, 2.24) is 10.6 Å². The maximum atomic E-state index is 5.93. The van der Waals surface area contributed by atoms with Crippen LogP contribution in [-0.4, -0.2) is 45.8 Å². The van der Waals surface area contributed by atoms with E-state index in [-0.39, 0.29) is 30.1 Å². The van der Waals surface area contributed by atoms with Gasteiger partial charge < -0.3 is 20.3 Å². The van der Waals surface area contributed by atoms with E-state index in [1.165, 1.54) is 17.7 Å². The van der Waals surface area contributed by atoms with Gasteiger partial charge in [0.2, 0.25) is 0 Å². The SMILES string of the molecule is CN=C(NCCCOC(C)c1ccccc1)NCC1CCN(c2ccccc2)C1.I. The number of para-hydroxylation sites is 1. The molecule has 1 fully saturated rings. The molecule has 0 bridgehead atoms. The van der Waals surface area contributed by atoms with Crippen molar-refractivity contribution in [3.63, 3.8) is 0 Å². The van der Waals surface area contributed by atoms with Crippen molar-refractivity contribution >= 4 is 35.6 Å². The lowest BCUT2D eigenvalue weighted by Crippen LogP contribution is -2.40. The third-order valence-corrected chi connectivity index (χ3v) is 5.44. The normalized spacial score (nSPS) is 17.3. The third-order valence-electron chi connectivity index (χ3n) is 5.44. The summed E-state index contributed by atoms with van der Waals surface area (Å²) in [6.07, 6.45) is 2.29. The molecule has 0 spiro atoms. The number of nitrogens with one attached hydrogen (secondary N) is 2. The van der Waals surface area contributed by atoms with Crippen molar-refractivity contribution in [2.75, 3.05) is 44.7 Å². The molecule has 0 amide bonds. The van der Waals surface area contributed by atoms with Crippen LogP contribution in [0.1, 0.15) is 31.4 Å². The molecule has 0 saturated carbocycles. The van der Waals surface area contributed by atoms with Gasteiger partial charge in [0.25, 0.3) is 0 Å². The number of hydrogen-bond donors (Lipinski definition) is 2. The van der Waals surface area contributed by atoms with Gasteiger partial charge in [0.15, 0.2) is 5.96 Å². The average Bonchev–Trinajstić information content (AvgIpc) is 3.26. The number of halogens is 1. The van der Waals surface area contributed by atoms with Crippen LogP contribution < -0.4 is 15.5 Å². The second-order valence-electron chi connectivity index (χ2n) is 7.59. The van der Waals surface area contributed by atoms with Crippen LogP contribution in [-0.2, 0) is 4.74 Å². The Morgan fingerprint density at radius 3 is 2.50 bits per heavy atom. The minimum atomic E-state index is 0. The number of nitrogens with zero attached hydrogens (tertiary/aromatic N) is 2. The highest BCUT2D eigenvalue weighted by atomic mass is 127. The van der Waals surface area contributed by atoms with Gasteiger partial charge in [0.1, 0.15) is 0 Å². The number of rotatable bonds is 9. The molecule has 2 unspecified atom stereocenters. The molecule has 0 aliphatic carbocycles. The smallest absolute Gasteiger partial charge is 0.190 e. The number of guanidine groups is 1. The number of benzene rings is 2. The van der Waals surface area contributed by atoms with Gasteiger partial charge in [0.05, 0.1) is 6.10 Å². The van der Waals surface area contributed by atoms with Crippen molar-refractivity contribution in [2.24, 2.45) is 10.9 Å². The van der Waals surface area contributed by atoms with Crippen molar-refractivity contribution < 1.29 is 4.74 Å². The van der Waals surface area contributed by atoms with E-state index in [9.17, 15) is 0 Å². The predicted octanol–water partition coefficient (Wildman–Crippen LogP) is 4.46. The molecule has 5 nitrogen and oxygen atoms in total. The molecule has 1 aliphatic rings. The van der Waals surface area contributed by atoms with Crippen LogP contribution in [0, 0.1) is 5.92 Å². The molecule has 2 aromatic carbocycles. The Labute approximate surface area is 198 Å². The molecular weight excluding hydrogens is 487 g/mol. The standard InChI is InChI=1S/C24H34N4O.HI/c1-20(22-10-5-3-6-11-22)29-17-9-15-26-24(25-2)27-18-21-14-16-28(19-21)23-12-7-4-8-13-23;/h3-8,10-13,20-21H,9,14-19H2,1-2H3,(H2,25,26,27);1H. The number of ether oxygens (including phenoxy) is 1. The molecule has 0 radical (unpaired) electrons. The van der Waals surface area contributed by atoms with Gasteiger partial charge in [0, 0.05) is 45.5 Å². The lowest BCUT2D eigenvalue weighted by Gasteiger charge is -2.19. The highest BCUT2D eigenvalue weighted by Gasteiger charge is 2.22. The second-order valence-corrected chi connectivity index (χ2v) is 7.59. The first-order chi connectivity index (χ1) is 14.3. The van der Waals surface area contributed by atoms with Gasteiger partial charge in [-0.3, -0.25) is 4.99 Å². The molecule has 1 saturated heterocycles. The monoisotopic (exact) mass is 522 g/mol. The second kappa shape index (κ2) is 13.5. The van der Waals surface area contributed by atoms with E-state index in [0.717, 1.165) is 45.2 Å². The number of hydrogen-bond acceptors (Lipinski definition) is 3. The van der Waals surface area contributed by atoms with Gasteiger partial charge >= 0.3 is 0 Å². The summed E-state index contributed by atoms with van der Waals surface area (Å²) < 4.78 is 5.93. The molecular formula is C24H35IN4O. The van der Waals surface area contributed by atoms with Crippen LogP contribution in [0.15, 0.2) is 65.7 Å². The van der Waals surface area contributed by atoms with E-state index >= 15 is 0 Å². The summed E-state index contributed by atoms with van der Waals surface area (Å²) in [4.78, 5) is 6.81. The van der Waals surface area contributed by atoms with E-state index in [1.807, 2.05) is 13.1 Å². The van der Waals surface area contributed by atoms with E-state index in [4.69, 9.17) is 4.74 Å². The van der Waals surface area contributed by atoms with Gasteiger partial charge in [-0.25, -0.2) is 0 Å². The summed E-state index contributed by atoms with van der Waals surface area (Å²) in [5.41, 5.74) is 2.54. The van der Waals surface area contributed by atoms with Crippen molar-refractivity contribution in [1.29, 1.82) is 0 Å². The molecule has 0 aromatic heterocycles. The van der Waals surface area contributed by atoms with Crippen LogP contribution in [0.25, 0.3) is 0 Å². The van der Waals surface area contributed by atoms with Gasteiger partial charge in [-0.2, -0.15) is 0 Å². The maximum absolute atomic E-state index is 5.93. The maximum Gasteiger partial charge on any atom is 0.190 e. The van der Waals surface area contributed by atoms with E-state index in [2.05, 4.69) is 82.0 Å². The topological polar surface area (TPSA) is 48.9 Å². The quantitative estimate of drug-likeness (QED) is 0.221. The van der Waals surface area contributed by atoms with E-state index < -0.39 is 0 Å². The summed E-state index contributed by atoms with van der Waals surface area (Å²) in [6.45, 7) is 6.85. The Morgan fingerprint density at radius 1 is 1.10 bits per heavy atom. The largest absolute Gasteiger partial charge is 0.374 e. The Hall–Kier alpha value is -1.80.